The first-order chi connectivity index (χ1) is 22.0. The van der Waals surface area contributed by atoms with E-state index < -0.39 is 6.29 Å². The third-order valence-electron chi connectivity index (χ3n) is 8.20. The number of para-hydroxylation sites is 1. The number of carbonyl (C=O) groups is 1. The number of nitrogens with zero attached hydrogens (tertiary/aromatic N) is 1. The van der Waals surface area contributed by atoms with Crippen molar-refractivity contribution in [1.29, 1.82) is 0 Å². The fourth-order valence-corrected chi connectivity index (χ4v) is 5.61. The van der Waals surface area contributed by atoms with Crippen LogP contribution in [-0.2, 0) is 20.8 Å². The second-order valence-corrected chi connectivity index (χ2v) is 11.4. The minimum Gasteiger partial charge on any atom is -0.457 e. The molecule has 2 fully saturated rings. The van der Waals surface area contributed by atoms with Crippen LogP contribution in [-0.4, -0.2) is 55.0 Å². The lowest BCUT2D eigenvalue weighted by molar-refractivity contribution is -0.277. The van der Waals surface area contributed by atoms with Crippen LogP contribution in [0.3, 0.4) is 0 Å². The highest BCUT2D eigenvalue weighted by Crippen LogP contribution is 2.42. The van der Waals surface area contributed by atoms with Gasteiger partial charge in [0, 0.05) is 42.5 Å². The van der Waals surface area contributed by atoms with Crippen molar-refractivity contribution in [2.45, 2.75) is 32.0 Å². The summed E-state index contributed by atoms with van der Waals surface area (Å²) in [5.74, 6) is 1.53. The summed E-state index contributed by atoms with van der Waals surface area (Å²) < 4.78 is 24.5. The Balaban J connectivity index is 1.09. The average molecular weight is 610 g/mol. The van der Waals surface area contributed by atoms with Crippen molar-refractivity contribution < 1.29 is 28.8 Å². The van der Waals surface area contributed by atoms with Crippen LogP contribution in [0.15, 0.2) is 103 Å². The topological polar surface area (TPSA) is 102 Å². The highest BCUT2D eigenvalue weighted by molar-refractivity contribution is 5.99. The summed E-state index contributed by atoms with van der Waals surface area (Å²) in [6, 6.07) is 31.8. The number of carbonyl (C=O) groups excluding carboxylic acids is 1. The number of rotatable bonds is 9. The molecule has 0 radical (unpaired) electrons. The van der Waals surface area contributed by atoms with E-state index in [-0.39, 0.29) is 30.8 Å². The Morgan fingerprint density at radius 3 is 2.04 bits per heavy atom. The molecule has 4 atom stereocenters. The van der Waals surface area contributed by atoms with Crippen LogP contribution >= 0.6 is 0 Å². The van der Waals surface area contributed by atoms with Crippen LogP contribution < -0.4 is 15.4 Å². The summed E-state index contributed by atoms with van der Waals surface area (Å²) in [6.07, 6.45) is -0.817. The van der Waals surface area contributed by atoms with E-state index in [0.29, 0.717) is 17.1 Å². The molecule has 3 N–H and O–H groups in total. The molecule has 0 unspecified atom stereocenters. The number of hydrogen-bond acceptors (Lipinski definition) is 7. The molecule has 0 bridgehead atoms. The molecule has 4 aromatic carbocycles. The van der Waals surface area contributed by atoms with Crippen molar-refractivity contribution in [1.82, 2.24) is 4.90 Å². The van der Waals surface area contributed by atoms with Crippen LogP contribution in [0.2, 0.25) is 0 Å². The van der Waals surface area contributed by atoms with E-state index in [0.717, 1.165) is 55.3 Å². The molecule has 9 heteroatoms. The van der Waals surface area contributed by atoms with Gasteiger partial charge in [0.25, 0.3) is 0 Å². The summed E-state index contributed by atoms with van der Waals surface area (Å²) in [5, 5.41) is 15.3. The van der Waals surface area contributed by atoms with Gasteiger partial charge in [-0.3, -0.25) is 4.90 Å². The summed E-state index contributed by atoms with van der Waals surface area (Å²) in [4.78, 5) is 15.1. The van der Waals surface area contributed by atoms with Crippen LogP contribution in [0.4, 0.5) is 16.2 Å². The van der Waals surface area contributed by atoms with Gasteiger partial charge in [-0.2, -0.15) is 0 Å². The van der Waals surface area contributed by atoms with Crippen LogP contribution in [0.25, 0.3) is 0 Å². The minimum absolute atomic E-state index is 0.00114. The first kappa shape index (κ1) is 30.8. The maximum Gasteiger partial charge on any atom is 0.323 e. The number of ether oxygens (including phenoxy) is 4. The molecule has 2 aliphatic heterocycles. The van der Waals surface area contributed by atoms with E-state index >= 15 is 0 Å². The number of anilines is 2. The molecule has 0 aromatic heterocycles. The molecule has 0 aliphatic carbocycles. The van der Waals surface area contributed by atoms with Gasteiger partial charge < -0.3 is 34.7 Å². The van der Waals surface area contributed by atoms with Crippen molar-refractivity contribution in [2.75, 3.05) is 43.5 Å². The number of urea groups is 1. The summed E-state index contributed by atoms with van der Waals surface area (Å²) in [6.45, 7) is 6.16. The fraction of sp³-hybridized carbons (Fsp3) is 0.306. The second-order valence-electron chi connectivity index (χ2n) is 11.4. The lowest BCUT2D eigenvalue weighted by Crippen LogP contribution is -2.47. The smallest absolute Gasteiger partial charge is 0.323 e. The fourth-order valence-electron chi connectivity index (χ4n) is 5.61. The number of aliphatic hydroxyl groups excluding tert-OH is 1. The lowest BCUT2D eigenvalue weighted by atomic mass is 9.90. The predicted molar refractivity (Wildman–Crippen MR) is 172 cm³/mol. The number of morpholine rings is 1. The maximum atomic E-state index is 12.7. The number of nitrogens with one attached hydrogen (secondary N) is 2. The van der Waals surface area contributed by atoms with Gasteiger partial charge >= 0.3 is 6.03 Å². The zero-order valence-corrected chi connectivity index (χ0v) is 25.3. The minimum atomic E-state index is -0.575. The molecule has 2 amide bonds. The van der Waals surface area contributed by atoms with E-state index in [9.17, 15) is 9.90 Å². The maximum absolute atomic E-state index is 12.7. The highest BCUT2D eigenvalue weighted by atomic mass is 16.7. The van der Waals surface area contributed by atoms with Crippen molar-refractivity contribution in [3.8, 4) is 11.5 Å². The Hall–Kier alpha value is -4.25. The van der Waals surface area contributed by atoms with Gasteiger partial charge in [0.2, 0.25) is 0 Å². The molecule has 2 aliphatic rings. The average Bonchev–Trinajstić information content (AvgIpc) is 3.08. The Kier molecular flexibility index (Phi) is 10.0. The van der Waals surface area contributed by atoms with E-state index in [4.69, 9.17) is 18.9 Å². The van der Waals surface area contributed by atoms with Crippen molar-refractivity contribution in [3.05, 3.63) is 120 Å². The van der Waals surface area contributed by atoms with Crippen LogP contribution in [0.5, 0.6) is 11.5 Å². The number of hydrogen-bond donors (Lipinski definition) is 3. The van der Waals surface area contributed by atoms with Gasteiger partial charge in [0.15, 0.2) is 6.29 Å². The van der Waals surface area contributed by atoms with E-state index in [1.54, 1.807) is 12.1 Å². The van der Waals surface area contributed by atoms with Gasteiger partial charge in [-0.1, -0.05) is 61.5 Å². The summed E-state index contributed by atoms with van der Waals surface area (Å²) >= 11 is 0. The molecule has 0 spiro atoms. The molecule has 4 aromatic rings. The third-order valence-corrected chi connectivity index (χ3v) is 8.20. The lowest BCUT2D eigenvalue weighted by Gasteiger charge is -2.43. The van der Waals surface area contributed by atoms with Gasteiger partial charge in [-0.15, -0.1) is 0 Å². The SMILES string of the molecule is C[C@H]1[C@@H](CN2CCOCC2)O[C@@H](c2ccc(NC(=O)Nc3ccc(Oc4ccccc4)cc3)cc2)O[C@H]1c1ccc(CO)cc1. The van der Waals surface area contributed by atoms with Gasteiger partial charge in [0.1, 0.15) is 11.5 Å². The molecule has 234 valence electrons. The standard InChI is InChI=1S/C36H39N3O6/c1-25-33(23-39-19-21-42-22-20-39)44-35(45-34(25)27-9-7-26(24-40)8-10-27)28-11-13-29(14-12-28)37-36(41)38-30-15-17-32(18-16-30)43-31-5-3-2-4-6-31/h2-18,25,33-35,40H,19-24H2,1H3,(H2,37,38,41)/t25-,33+,34+,35+/m0/s1. The molecule has 2 heterocycles. The Bertz CT molecular complexity index is 1510. The zero-order chi connectivity index (χ0) is 31.0. The normalized spacial score (nSPS) is 22.0. The molecule has 2 saturated heterocycles. The number of aliphatic hydroxyl groups is 1. The number of benzene rings is 4. The molecular weight excluding hydrogens is 570 g/mol. The first-order valence-corrected chi connectivity index (χ1v) is 15.4. The highest BCUT2D eigenvalue weighted by Gasteiger charge is 2.39. The second kappa shape index (κ2) is 14.7. The third kappa shape index (κ3) is 8.08. The molecule has 45 heavy (non-hydrogen) atoms. The monoisotopic (exact) mass is 609 g/mol. The summed E-state index contributed by atoms with van der Waals surface area (Å²) in [5.41, 5.74) is 4.07. The summed E-state index contributed by atoms with van der Waals surface area (Å²) in [7, 11) is 0. The van der Waals surface area contributed by atoms with Crippen LogP contribution in [0.1, 0.15) is 36.0 Å². The predicted octanol–water partition coefficient (Wildman–Crippen LogP) is 6.74. The van der Waals surface area contributed by atoms with Crippen molar-refractivity contribution >= 4 is 17.4 Å². The number of amides is 2. The van der Waals surface area contributed by atoms with E-state index in [1.807, 2.05) is 91.0 Å². The van der Waals surface area contributed by atoms with Gasteiger partial charge in [-0.05, 0) is 59.7 Å². The quantitative estimate of drug-likeness (QED) is 0.193. The Morgan fingerprint density at radius 2 is 1.40 bits per heavy atom. The Labute approximate surface area is 263 Å². The van der Waals surface area contributed by atoms with Crippen molar-refractivity contribution in [3.63, 3.8) is 0 Å². The first-order valence-electron chi connectivity index (χ1n) is 15.4. The zero-order valence-electron chi connectivity index (χ0n) is 25.3. The van der Waals surface area contributed by atoms with Crippen molar-refractivity contribution in [2.24, 2.45) is 5.92 Å². The Morgan fingerprint density at radius 1 is 0.800 bits per heavy atom. The van der Waals surface area contributed by atoms with Gasteiger partial charge in [-0.25, -0.2) is 4.79 Å². The molecule has 9 nitrogen and oxygen atoms in total. The molecule has 0 saturated carbocycles. The largest absolute Gasteiger partial charge is 0.457 e. The van der Waals surface area contributed by atoms with E-state index in [2.05, 4.69) is 22.5 Å². The molecular formula is C36H39N3O6. The van der Waals surface area contributed by atoms with Crippen LogP contribution in [0, 0.1) is 5.92 Å². The molecule has 6 rings (SSSR count). The van der Waals surface area contributed by atoms with E-state index in [1.165, 1.54) is 0 Å². The van der Waals surface area contributed by atoms with Gasteiger partial charge in [0.05, 0.1) is 32.0 Å².